The number of anilines is 2. The van der Waals surface area contributed by atoms with Crippen molar-refractivity contribution in [1.82, 2.24) is 4.98 Å². The molecule has 1 aromatic heterocycles. The van der Waals surface area contributed by atoms with Crippen LogP contribution < -0.4 is 10.2 Å². The van der Waals surface area contributed by atoms with Crippen LogP contribution >= 0.6 is 0 Å². The molecule has 3 aromatic rings. The highest BCUT2D eigenvalue weighted by molar-refractivity contribution is 6.11. The van der Waals surface area contributed by atoms with Gasteiger partial charge in [-0.05, 0) is 43.5 Å². The molecule has 2 aromatic carbocycles. The molecule has 146 valence electrons. The normalized spacial score (nSPS) is 13.7. The lowest BCUT2D eigenvalue weighted by Crippen LogP contribution is -2.32. The van der Waals surface area contributed by atoms with Gasteiger partial charge in [0.25, 0.3) is 5.91 Å². The number of nitrogens with one attached hydrogen (secondary N) is 1. The van der Waals surface area contributed by atoms with E-state index >= 15 is 0 Å². The average molecular weight is 385 g/mol. The smallest absolute Gasteiger partial charge is 0.259 e. The summed E-state index contributed by atoms with van der Waals surface area (Å²) in [5.74, 6) is 0.432. The number of aromatic nitrogens is 1. The van der Waals surface area contributed by atoms with Crippen molar-refractivity contribution in [2.24, 2.45) is 0 Å². The second-order valence-electron chi connectivity index (χ2n) is 7.15. The summed E-state index contributed by atoms with van der Waals surface area (Å²) in [6.45, 7) is 1.83. The van der Waals surface area contributed by atoms with E-state index in [-0.39, 0.29) is 11.7 Å². The SMILES string of the molecule is O=C(c1ccccc1)c1cccc(NC(=O)c2cccnc2N2CCCCC2)c1. The van der Waals surface area contributed by atoms with Crippen LogP contribution in [-0.2, 0) is 0 Å². The van der Waals surface area contributed by atoms with Crippen LogP contribution in [0, 0.1) is 0 Å². The maximum atomic E-state index is 13.0. The van der Waals surface area contributed by atoms with Crippen molar-refractivity contribution < 1.29 is 9.59 Å². The van der Waals surface area contributed by atoms with Crippen LogP contribution in [-0.4, -0.2) is 29.8 Å². The maximum Gasteiger partial charge on any atom is 0.259 e. The fourth-order valence-electron chi connectivity index (χ4n) is 3.62. The second-order valence-corrected chi connectivity index (χ2v) is 7.15. The summed E-state index contributed by atoms with van der Waals surface area (Å²) in [6, 6.07) is 19.7. The van der Waals surface area contributed by atoms with Gasteiger partial charge in [-0.1, -0.05) is 42.5 Å². The molecule has 1 N–H and O–H groups in total. The zero-order valence-corrected chi connectivity index (χ0v) is 16.2. The van der Waals surface area contributed by atoms with E-state index < -0.39 is 0 Å². The number of piperidine rings is 1. The van der Waals surface area contributed by atoms with Crippen molar-refractivity contribution in [3.05, 3.63) is 89.6 Å². The number of carbonyl (C=O) groups excluding carboxylic acids is 2. The predicted molar refractivity (Wildman–Crippen MR) is 115 cm³/mol. The van der Waals surface area contributed by atoms with E-state index in [1.54, 1.807) is 54.7 Å². The molecule has 1 aliphatic rings. The largest absolute Gasteiger partial charge is 0.356 e. The van der Waals surface area contributed by atoms with E-state index in [0.29, 0.717) is 22.4 Å². The van der Waals surface area contributed by atoms with Crippen molar-refractivity contribution in [2.75, 3.05) is 23.3 Å². The third-order valence-corrected chi connectivity index (χ3v) is 5.11. The zero-order valence-electron chi connectivity index (χ0n) is 16.2. The second kappa shape index (κ2) is 8.69. The molecular formula is C24H23N3O2. The molecule has 1 saturated heterocycles. The number of ketones is 1. The van der Waals surface area contributed by atoms with Gasteiger partial charge in [0, 0.05) is 36.1 Å². The first-order valence-electron chi connectivity index (χ1n) is 9.93. The number of hydrogen-bond donors (Lipinski definition) is 1. The Labute approximate surface area is 170 Å². The van der Waals surface area contributed by atoms with Gasteiger partial charge in [-0.25, -0.2) is 4.98 Å². The number of amides is 1. The van der Waals surface area contributed by atoms with Gasteiger partial charge >= 0.3 is 0 Å². The lowest BCUT2D eigenvalue weighted by molar-refractivity contribution is 0.102. The zero-order chi connectivity index (χ0) is 20.1. The highest BCUT2D eigenvalue weighted by Crippen LogP contribution is 2.23. The number of pyridine rings is 1. The molecule has 0 atom stereocenters. The summed E-state index contributed by atoms with van der Waals surface area (Å²) in [6.07, 6.45) is 5.16. The molecule has 0 spiro atoms. The third-order valence-electron chi connectivity index (χ3n) is 5.11. The fourth-order valence-corrected chi connectivity index (χ4v) is 3.62. The number of carbonyl (C=O) groups is 2. The lowest BCUT2D eigenvalue weighted by Gasteiger charge is -2.29. The van der Waals surface area contributed by atoms with Crippen LogP contribution in [0.2, 0.25) is 0 Å². The summed E-state index contributed by atoms with van der Waals surface area (Å²) in [4.78, 5) is 32.3. The monoisotopic (exact) mass is 385 g/mol. The van der Waals surface area contributed by atoms with Crippen LogP contribution in [0.1, 0.15) is 45.5 Å². The van der Waals surface area contributed by atoms with Gasteiger partial charge in [-0.3, -0.25) is 9.59 Å². The molecule has 0 bridgehead atoms. The standard InChI is InChI=1S/C24H23N3O2/c28-22(18-9-3-1-4-10-18)19-11-7-12-20(17-19)26-24(29)21-13-8-14-25-23(21)27-15-5-2-6-16-27/h1,3-4,7-14,17H,2,5-6,15-16H2,(H,26,29). The summed E-state index contributed by atoms with van der Waals surface area (Å²) in [5.41, 5.74) is 2.30. The molecule has 1 fully saturated rings. The van der Waals surface area contributed by atoms with Gasteiger partial charge in [0.1, 0.15) is 5.82 Å². The van der Waals surface area contributed by atoms with E-state index in [9.17, 15) is 9.59 Å². The van der Waals surface area contributed by atoms with Crippen molar-refractivity contribution >= 4 is 23.2 Å². The minimum atomic E-state index is -0.219. The van der Waals surface area contributed by atoms with E-state index in [4.69, 9.17) is 0 Å². The van der Waals surface area contributed by atoms with Crippen LogP contribution in [0.15, 0.2) is 72.9 Å². The number of nitrogens with zero attached hydrogens (tertiary/aromatic N) is 2. The van der Waals surface area contributed by atoms with Crippen LogP contribution in [0.5, 0.6) is 0 Å². The Morgan fingerprint density at radius 2 is 1.59 bits per heavy atom. The molecule has 1 aliphatic heterocycles. The van der Waals surface area contributed by atoms with Crippen molar-refractivity contribution in [2.45, 2.75) is 19.3 Å². The number of hydrogen-bond acceptors (Lipinski definition) is 4. The fraction of sp³-hybridized carbons (Fsp3) is 0.208. The number of rotatable bonds is 5. The first kappa shape index (κ1) is 18.9. The molecule has 0 radical (unpaired) electrons. The molecule has 0 saturated carbocycles. The minimum Gasteiger partial charge on any atom is -0.356 e. The average Bonchev–Trinajstić information content (AvgIpc) is 2.80. The first-order chi connectivity index (χ1) is 14.2. The molecule has 2 heterocycles. The van der Waals surface area contributed by atoms with Gasteiger partial charge < -0.3 is 10.2 Å². The Morgan fingerprint density at radius 1 is 0.828 bits per heavy atom. The summed E-state index contributed by atoms with van der Waals surface area (Å²) in [5, 5.41) is 2.93. The molecule has 29 heavy (non-hydrogen) atoms. The Balaban J connectivity index is 1.55. The minimum absolute atomic E-state index is 0.0721. The van der Waals surface area contributed by atoms with Crippen molar-refractivity contribution in [1.29, 1.82) is 0 Å². The third kappa shape index (κ3) is 4.35. The highest BCUT2D eigenvalue weighted by Gasteiger charge is 2.20. The molecule has 0 unspecified atom stereocenters. The summed E-state index contributed by atoms with van der Waals surface area (Å²) in [7, 11) is 0. The van der Waals surface area contributed by atoms with Crippen LogP contribution in [0.3, 0.4) is 0 Å². The highest BCUT2D eigenvalue weighted by atomic mass is 16.1. The van der Waals surface area contributed by atoms with Crippen molar-refractivity contribution in [3.63, 3.8) is 0 Å². The van der Waals surface area contributed by atoms with E-state index in [0.717, 1.165) is 31.7 Å². The summed E-state index contributed by atoms with van der Waals surface area (Å²) < 4.78 is 0. The van der Waals surface area contributed by atoms with Gasteiger partial charge in [0.05, 0.1) is 5.56 Å². The Hall–Kier alpha value is -3.47. The van der Waals surface area contributed by atoms with E-state index in [2.05, 4.69) is 15.2 Å². The lowest BCUT2D eigenvalue weighted by atomic mass is 10.0. The van der Waals surface area contributed by atoms with Gasteiger partial charge in [-0.15, -0.1) is 0 Å². The first-order valence-corrected chi connectivity index (χ1v) is 9.93. The molecule has 5 nitrogen and oxygen atoms in total. The maximum absolute atomic E-state index is 13.0. The van der Waals surface area contributed by atoms with E-state index in [1.165, 1.54) is 6.42 Å². The Bertz CT molecular complexity index is 1010. The number of benzene rings is 2. The molecule has 1 amide bonds. The topological polar surface area (TPSA) is 62.3 Å². The van der Waals surface area contributed by atoms with Gasteiger partial charge in [0.2, 0.25) is 0 Å². The van der Waals surface area contributed by atoms with Crippen LogP contribution in [0.25, 0.3) is 0 Å². The Morgan fingerprint density at radius 3 is 2.38 bits per heavy atom. The summed E-state index contributed by atoms with van der Waals surface area (Å²) >= 11 is 0. The molecule has 4 rings (SSSR count). The van der Waals surface area contributed by atoms with Gasteiger partial charge in [-0.2, -0.15) is 0 Å². The molecule has 0 aliphatic carbocycles. The Kier molecular flexibility index (Phi) is 5.66. The molecular weight excluding hydrogens is 362 g/mol. The van der Waals surface area contributed by atoms with E-state index in [1.807, 2.05) is 18.2 Å². The predicted octanol–water partition coefficient (Wildman–Crippen LogP) is 4.56. The van der Waals surface area contributed by atoms with Gasteiger partial charge in [0.15, 0.2) is 5.78 Å². The van der Waals surface area contributed by atoms with Crippen LogP contribution in [0.4, 0.5) is 11.5 Å². The quantitative estimate of drug-likeness (QED) is 0.654. The van der Waals surface area contributed by atoms with Crippen molar-refractivity contribution in [3.8, 4) is 0 Å². The molecule has 5 heteroatoms.